The van der Waals surface area contributed by atoms with Crippen LogP contribution in [0.15, 0.2) is 72.3 Å². The molecule has 0 spiro atoms. The minimum atomic E-state index is -0.962. The fourth-order valence-electron chi connectivity index (χ4n) is 4.36. The molecule has 0 bridgehead atoms. The summed E-state index contributed by atoms with van der Waals surface area (Å²) in [7, 11) is 0. The number of Topliss-reactive ketones (excluding diaryl/α,β-unsaturated/α-hetero) is 1. The van der Waals surface area contributed by atoms with Crippen molar-refractivity contribution in [3.63, 3.8) is 0 Å². The van der Waals surface area contributed by atoms with Crippen LogP contribution in [0.1, 0.15) is 37.4 Å². The number of rotatable bonds is 8. The lowest BCUT2D eigenvalue weighted by molar-refractivity contribution is -0.132. The van der Waals surface area contributed by atoms with Gasteiger partial charge in [0.25, 0.3) is 5.78 Å². The van der Waals surface area contributed by atoms with Crippen molar-refractivity contribution < 1.29 is 28.6 Å². The average molecular weight is 533 g/mol. The highest BCUT2D eigenvalue weighted by Gasteiger charge is 2.48. The Balaban J connectivity index is 1.66. The summed E-state index contributed by atoms with van der Waals surface area (Å²) in [6.07, 6.45) is 0.848. The number of thiazole rings is 1. The van der Waals surface area contributed by atoms with Crippen LogP contribution in [0.5, 0.6) is 11.5 Å². The molecule has 9 heteroatoms. The molecule has 0 aliphatic carbocycles. The number of ether oxygens (including phenoxy) is 2. The Hall–Kier alpha value is -4.24. The van der Waals surface area contributed by atoms with Gasteiger partial charge < -0.3 is 14.6 Å². The SMILES string of the molecule is CCCOc1ccc(C2/C(=C(\O)c3cccc(OCC)c3)C(=O)C(=O)N2c2nc3ccc(F)cc3s2)cc1. The molecule has 1 aromatic heterocycles. The fraction of sp³-hybridized carbons (Fsp3) is 0.207. The molecule has 1 aliphatic rings. The van der Waals surface area contributed by atoms with Crippen LogP contribution in [0.2, 0.25) is 0 Å². The Kier molecular flexibility index (Phi) is 7.11. The Bertz CT molecular complexity index is 1550. The molecule has 1 unspecified atom stereocenters. The van der Waals surface area contributed by atoms with Crippen molar-refractivity contribution in [3.8, 4) is 11.5 Å². The Morgan fingerprint density at radius 1 is 1.03 bits per heavy atom. The van der Waals surface area contributed by atoms with E-state index in [0.717, 1.165) is 17.8 Å². The van der Waals surface area contributed by atoms with Crippen LogP contribution >= 0.6 is 11.3 Å². The average Bonchev–Trinajstić information content (AvgIpc) is 3.45. The molecule has 4 aromatic rings. The van der Waals surface area contributed by atoms with Gasteiger partial charge in [-0.25, -0.2) is 9.37 Å². The number of aromatic nitrogens is 1. The van der Waals surface area contributed by atoms with Gasteiger partial charge in [-0.1, -0.05) is 42.5 Å². The zero-order valence-corrected chi connectivity index (χ0v) is 21.6. The van der Waals surface area contributed by atoms with Crippen molar-refractivity contribution >= 4 is 44.1 Å². The molecule has 1 atom stereocenters. The Morgan fingerprint density at radius 3 is 2.55 bits per heavy atom. The van der Waals surface area contributed by atoms with E-state index in [1.165, 1.54) is 23.1 Å². The van der Waals surface area contributed by atoms with Crippen LogP contribution in [0, 0.1) is 5.82 Å². The predicted molar refractivity (Wildman–Crippen MR) is 144 cm³/mol. The highest BCUT2D eigenvalue weighted by atomic mass is 32.1. The molecular weight excluding hydrogens is 507 g/mol. The molecule has 1 fully saturated rings. The predicted octanol–water partition coefficient (Wildman–Crippen LogP) is 6.25. The smallest absolute Gasteiger partial charge is 0.301 e. The van der Waals surface area contributed by atoms with E-state index in [4.69, 9.17) is 9.47 Å². The molecular formula is C29H25FN2O5S. The summed E-state index contributed by atoms with van der Waals surface area (Å²) in [6.45, 7) is 4.83. The van der Waals surface area contributed by atoms with Gasteiger partial charge in [-0.05, 0) is 61.4 Å². The molecule has 1 amide bonds. The highest BCUT2D eigenvalue weighted by Crippen LogP contribution is 2.44. The molecule has 7 nitrogen and oxygen atoms in total. The number of aliphatic hydroxyl groups is 1. The van der Waals surface area contributed by atoms with Gasteiger partial charge in [0.15, 0.2) is 5.13 Å². The molecule has 1 N–H and O–H groups in total. The van der Waals surface area contributed by atoms with Crippen molar-refractivity contribution in [2.24, 2.45) is 0 Å². The first-order chi connectivity index (χ1) is 18.4. The summed E-state index contributed by atoms with van der Waals surface area (Å²) in [6, 6.07) is 16.9. The molecule has 2 heterocycles. The fourth-order valence-corrected chi connectivity index (χ4v) is 5.37. The Morgan fingerprint density at radius 2 is 1.82 bits per heavy atom. The maximum absolute atomic E-state index is 13.9. The first-order valence-corrected chi connectivity index (χ1v) is 13.1. The van der Waals surface area contributed by atoms with E-state index in [-0.39, 0.29) is 16.5 Å². The lowest BCUT2D eigenvalue weighted by Gasteiger charge is -2.23. The van der Waals surface area contributed by atoms with Crippen molar-refractivity contribution in [1.29, 1.82) is 0 Å². The van der Waals surface area contributed by atoms with Gasteiger partial charge in [0.05, 0.1) is 35.0 Å². The molecule has 0 saturated carbocycles. The number of hydrogen-bond donors (Lipinski definition) is 1. The number of nitrogens with zero attached hydrogens (tertiary/aromatic N) is 2. The molecule has 38 heavy (non-hydrogen) atoms. The van der Waals surface area contributed by atoms with Crippen molar-refractivity contribution in [2.45, 2.75) is 26.3 Å². The molecule has 194 valence electrons. The van der Waals surface area contributed by atoms with Gasteiger partial charge in [0.1, 0.15) is 23.1 Å². The summed E-state index contributed by atoms with van der Waals surface area (Å²) in [4.78, 5) is 32.6. The van der Waals surface area contributed by atoms with E-state index in [1.54, 1.807) is 48.5 Å². The summed E-state index contributed by atoms with van der Waals surface area (Å²) in [5.41, 5.74) is 1.35. The summed E-state index contributed by atoms with van der Waals surface area (Å²) in [5, 5.41) is 11.6. The molecule has 3 aromatic carbocycles. The third-order valence-electron chi connectivity index (χ3n) is 6.08. The number of carbonyl (C=O) groups is 2. The quantitative estimate of drug-likeness (QED) is 0.164. The molecule has 1 saturated heterocycles. The number of ketones is 1. The van der Waals surface area contributed by atoms with Crippen LogP contribution in [0.4, 0.5) is 9.52 Å². The summed E-state index contributed by atoms with van der Waals surface area (Å²) < 4.78 is 25.6. The van der Waals surface area contributed by atoms with E-state index in [2.05, 4.69) is 4.98 Å². The Labute approximate surface area is 222 Å². The van der Waals surface area contributed by atoms with E-state index in [1.807, 2.05) is 13.8 Å². The maximum Gasteiger partial charge on any atom is 0.301 e. The second kappa shape index (κ2) is 10.6. The van der Waals surface area contributed by atoms with Crippen LogP contribution in [-0.2, 0) is 9.59 Å². The lowest BCUT2D eigenvalue weighted by atomic mass is 9.95. The normalized spacial score (nSPS) is 16.8. The summed E-state index contributed by atoms with van der Waals surface area (Å²) >= 11 is 1.10. The monoisotopic (exact) mass is 532 g/mol. The number of aliphatic hydroxyl groups excluding tert-OH is 1. The largest absolute Gasteiger partial charge is 0.507 e. The highest BCUT2D eigenvalue weighted by molar-refractivity contribution is 7.22. The van der Waals surface area contributed by atoms with E-state index >= 15 is 0 Å². The van der Waals surface area contributed by atoms with Gasteiger partial charge >= 0.3 is 5.91 Å². The van der Waals surface area contributed by atoms with Crippen LogP contribution < -0.4 is 14.4 Å². The van der Waals surface area contributed by atoms with E-state index in [0.29, 0.717) is 46.1 Å². The number of fused-ring (bicyclic) bond motifs is 1. The lowest BCUT2D eigenvalue weighted by Crippen LogP contribution is -2.29. The van der Waals surface area contributed by atoms with Gasteiger partial charge in [-0.3, -0.25) is 14.5 Å². The van der Waals surface area contributed by atoms with Gasteiger partial charge in [-0.15, -0.1) is 0 Å². The third-order valence-corrected chi connectivity index (χ3v) is 7.09. The number of anilines is 1. The second-order valence-corrected chi connectivity index (χ2v) is 9.67. The van der Waals surface area contributed by atoms with Crippen molar-refractivity contribution in [2.75, 3.05) is 18.1 Å². The van der Waals surface area contributed by atoms with Crippen LogP contribution in [0.3, 0.4) is 0 Å². The number of benzene rings is 3. The minimum Gasteiger partial charge on any atom is -0.507 e. The number of carbonyl (C=O) groups excluding carboxylic acids is 2. The summed E-state index contributed by atoms with van der Waals surface area (Å²) in [5.74, 6) is -1.26. The van der Waals surface area contributed by atoms with Crippen molar-refractivity contribution in [3.05, 3.63) is 89.2 Å². The number of halogens is 1. The van der Waals surface area contributed by atoms with Gasteiger partial charge in [0, 0.05) is 5.56 Å². The zero-order chi connectivity index (χ0) is 26.8. The number of hydrogen-bond acceptors (Lipinski definition) is 7. The van der Waals surface area contributed by atoms with Crippen molar-refractivity contribution in [1.82, 2.24) is 4.98 Å². The first kappa shape index (κ1) is 25.4. The van der Waals surface area contributed by atoms with Gasteiger partial charge in [-0.2, -0.15) is 0 Å². The minimum absolute atomic E-state index is 0.0729. The topological polar surface area (TPSA) is 89.0 Å². The standard InChI is InChI=1S/C29H25FN2O5S/c1-3-14-37-20-11-8-17(9-12-20)25-24(26(33)18-6-5-7-21(15-18)36-4-2)27(34)28(35)32(25)29-31-22-13-10-19(30)16-23(22)38-29/h5-13,15-16,25,33H,3-4,14H2,1-2H3/b26-24+. The second-order valence-electron chi connectivity index (χ2n) is 8.66. The molecule has 5 rings (SSSR count). The van der Waals surface area contributed by atoms with E-state index in [9.17, 15) is 19.1 Å². The van der Waals surface area contributed by atoms with Crippen LogP contribution in [0.25, 0.3) is 16.0 Å². The third kappa shape index (κ3) is 4.72. The first-order valence-electron chi connectivity index (χ1n) is 12.2. The number of amides is 1. The zero-order valence-electron chi connectivity index (χ0n) is 20.8. The van der Waals surface area contributed by atoms with Crippen LogP contribution in [-0.4, -0.2) is 35.0 Å². The molecule has 0 radical (unpaired) electrons. The van der Waals surface area contributed by atoms with Gasteiger partial charge in [0.2, 0.25) is 0 Å². The maximum atomic E-state index is 13.9. The van der Waals surface area contributed by atoms with E-state index < -0.39 is 23.5 Å². The molecule has 1 aliphatic heterocycles.